The van der Waals surface area contributed by atoms with Crippen molar-refractivity contribution in [3.63, 3.8) is 0 Å². The summed E-state index contributed by atoms with van der Waals surface area (Å²) in [5.74, 6) is 0.348. The van der Waals surface area contributed by atoms with Crippen LogP contribution < -0.4 is 5.32 Å². The minimum Gasteiger partial charge on any atom is -0.352 e. The molecular weight excluding hydrogens is 438 g/mol. The number of thiophene rings is 1. The number of aromatic nitrogens is 3. The van der Waals surface area contributed by atoms with Gasteiger partial charge < -0.3 is 9.84 Å². The van der Waals surface area contributed by atoms with E-state index >= 15 is 0 Å². The molecule has 4 heterocycles. The fraction of sp³-hybridized carbons (Fsp3) is 0.400. The maximum atomic E-state index is 13.2. The predicted molar refractivity (Wildman–Crippen MR) is 115 cm³/mol. The highest BCUT2D eigenvalue weighted by molar-refractivity contribution is 7.91. The molecule has 164 valence electrons. The van der Waals surface area contributed by atoms with Gasteiger partial charge in [0, 0.05) is 49.4 Å². The first kappa shape index (κ1) is 21.6. The molecule has 11 heteroatoms. The van der Waals surface area contributed by atoms with Gasteiger partial charge in [0.05, 0.1) is 5.92 Å². The van der Waals surface area contributed by atoms with Crippen LogP contribution in [0.1, 0.15) is 31.2 Å². The number of pyridine rings is 1. The van der Waals surface area contributed by atoms with Gasteiger partial charge in [-0.1, -0.05) is 18.1 Å². The molecule has 31 heavy (non-hydrogen) atoms. The summed E-state index contributed by atoms with van der Waals surface area (Å²) in [6.07, 6.45) is 5.27. The average molecular weight is 462 g/mol. The summed E-state index contributed by atoms with van der Waals surface area (Å²) in [6, 6.07) is 5.26. The van der Waals surface area contributed by atoms with E-state index in [1.54, 1.807) is 23.8 Å². The van der Waals surface area contributed by atoms with E-state index < -0.39 is 10.0 Å². The number of nitrogens with zero attached hydrogens (tertiary/aromatic N) is 4. The van der Waals surface area contributed by atoms with Crippen LogP contribution in [0.15, 0.2) is 44.7 Å². The van der Waals surface area contributed by atoms with Gasteiger partial charge in [0.15, 0.2) is 0 Å². The third kappa shape index (κ3) is 4.83. The molecule has 3 aromatic rings. The topological polar surface area (TPSA) is 118 Å². The monoisotopic (exact) mass is 461 g/mol. The highest BCUT2D eigenvalue weighted by Crippen LogP contribution is 2.31. The number of hydrogen-bond donors (Lipinski definition) is 1. The van der Waals surface area contributed by atoms with Crippen molar-refractivity contribution in [1.82, 2.24) is 24.7 Å². The Kier molecular flexibility index (Phi) is 6.44. The van der Waals surface area contributed by atoms with E-state index in [2.05, 4.69) is 20.4 Å². The zero-order valence-electron chi connectivity index (χ0n) is 17.0. The molecule has 0 unspecified atom stereocenters. The van der Waals surface area contributed by atoms with Crippen molar-refractivity contribution in [1.29, 1.82) is 0 Å². The Bertz CT molecular complexity index is 1140. The van der Waals surface area contributed by atoms with Gasteiger partial charge >= 0.3 is 0 Å². The fourth-order valence-corrected chi connectivity index (χ4v) is 6.26. The summed E-state index contributed by atoms with van der Waals surface area (Å²) in [5.41, 5.74) is 1.50. The van der Waals surface area contributed by atoms with Crippen molar-refractivity contribution in [3.8, 4) is 11.4 Å². The second kappa shape index (κ2) is 9.25. The van der Waals surface area contributed by atoms with Gasteiger partial charge in [-0.3, -0.25) is 9.78 Å². The SMILES string of the molecule is CCc1nc(-c2csc(S(=O)(=O)N3CCC[C@@H](C(=O)NCc4cccnc4)C3)c2)no1. The van der Waals surface area contributed by atoms with Crippen molar-refractivity contribution < 1.29 is 17.7 Å². The summed E-state index contributed by atoms with van der Waals surface area (Å²) in [6.45, 7) is 2.83. The Labute approximate surface area is 184 Å². The summed E-state index contributed by atoms with van der Waals surface area (Å²) in [5, 5.41) is 8.50. The Balaban J connectivity index is 1.43. The number of hydrogen-bond acceptors (Lipinski definition) is 8. The van der Waals surface area contributed by atoms with Crippen LogP contribution in [0.2, 0.25) is 0 Å². The van der Waals surface area contributed by atoms with Gasteiger partial charge in [0.25, 0.3) is 10.0 Å². The molecule has 3 aromatic heterocycles. The van der Waals surface area contributed by atoms with Crippen molar-refractivity contribution >= 4 is 27.3 Å². The third-order valence-electron chi connectivity index (χ3n) is 5.14. The van der Waals surface area contributed by atoms with Crippen LogP contribution >= 0.6 is 11.3 Å². The maximum absolute atomic E-state index is 13.2. The fourth-order valence-electron chi connectivity index (χ4n) is 3.42. The Hall–Kier alpha value is -2.63. The molecule has 4 rings (SSSR count). The van der Waals surface area contributed by atoms with Crippen LogP contribution in [0.25, 0.3) is 11.4 Å². The van der Waals surface area contributed by atoms with Crippen LogP contribution in [-0.4, -0.2) is 46.8 Å². The Morgan fingerprint density at radius 3 is 3.03 bits per heavy atom. The van der Waals surface area contributed by atoms with Gasteiger partial charge in [-0.25, -0.2) is 8.42 Å². The lowest BCUT2D eigenvalue weighted by Gasteiger charge is -2.30. The molecule has 1 amide bonds. The third-order valence-corrected chi connectivity index (χ3v) is 8.42. The molecule has 1 atom stereocenters. The van der Waals surface area contributed by atoms with Crippen LogP contribution in [-0.2, 0) is 27.8 Å². The van der Waals surface area contributed by atoms with Gasteiger partial charge in [-0.05, 0) is 30.5 Å². The first-order valence-electron chi connectivity index (χ1n) is 10.1. The van der Waals surface area contributed by atoms with Crippen molar-refractivity contribution in [2.24, 2.45) is 5.92 Å². The lowest BCUT2D eigenvalue weighted by atomic mass is 9.99. The summed E-state index contributed by atoms with van der Waals surface area (Å²) >= 11 is 1.12. The molecule has 0 spiro atoms. The van der Waals surface area contributed by atoms with Crippen molar-refractivity contribution in [3.05, 3.63) is 47.4 Å². The van der Waals surface area contributed by atoms with Gasteiger partial charge in [0.1, 0.15) is 4.21 Å². The molecule has 1 fully saturated rings. The molecule has 0 bridgehead atoms. The number of carbonyl (C=O) groups excluding carboxylic acids is 1. The van der Waals surface area contributed by atoms with Crippen molar-refractivity contribution in [2.45, 2.75) is 36.9 Å². The smallest absolute Gasteiger partial charge is 0.252 e. The molecule has 0 aromatic carbocycles. The van der Waals surface area contributed by atoms with Crippen LogP contribution in [0.5, 0.6) is 0 Å². The van der Waals surface area contributed by atoms with E-state index in [1.165, 1.54) is 4.31 Å². The van der Waals surface area contributed by atoms with Crippen molar-refractivity contribution in [2.75, 3.05) is 13.1 Å². The summed E-state index contributed by atoms with van der Waals surface area (Å²) in [7, 11) is -3.71. The summed E-state index contributed by atoms with van der Waals surface area (Å²) in [4.78, 5) is 20.9. The molecule has 1 N–H and O–H groups in total. The quantitative estimate of drug-likeness (QED) is 0.574. The maximum Gasteiger partial charge on any atom is 0.252 e. The molecule has 0 saturated carbocycles. The first-order chi connectivity index (χ1) is 15.0. The first-order valence-corrected chi connectivity index (χ1v) is 12.4. The molecule has 1 saturated heterocycles. The average Bonchev–Trinajstić information content (AvgIpc) is 3.48. The number of carbonyl (C=O) groups is 1. The highest BCUT2D eigenvalue weighted by atomic mass is 32.2. The van der Waals surface area contributed by atoms with E-state index in [9.17, 15) is 13.2 Å². The molecule has 9 nitrogen and oxygen atoms in total. The number of rotatable bonds is 7. The molecular formula is C20H23N5O4S2. The van der Waals surface area contributed by atoms with Crippen LogP contribution in [0.3, 0.4) is 0 Å². The van der Waals surface area contributed by atoms with E-state index in [0.29, 0.717) is 49.6 Å². The zero-order valence-corrected chi connectivity index (χ0v) is 18.7. The van der Waals surface area contributed by atoms with Crippen LogP contribution in [0, 0.1) is 5.92 Å². The van der Waals surface area contributed by atoms with Gasteiger partial charge in [-0.2, -0.15) is 9.29 Å². The minimum atomic E-state index is -3.71. The zero-order chi connectivity index (χ0) is 21.8. The van der Waals surface area contributed by atoms with Gasteiger partial charge in [-0.15, -0.1) is 11.3 Å². The van der Waals surface area contributed by atoms with Crippen LogP contribution in [0.4, 0.5) is 0 Å². The van der Waals surface area contributed by atoms with E-state index in [0.717, 1.165) is 16.9 Å². The minimum absolute atomic E-state index is 0.144. The Morgan fingerprint density at radius 2 is 2.29 bits per heavy atom. The Morgan fingerprint density at radius 1 is 1.42 bits per heavy atom. The highest BCUT2D eigenvalue weighted by Gasteiger charge is 2.34. The molecule has 0 aliphatic carbocycles. The predicted octanol–water partition coefficient (Wildman–Crippen LogP) is 2.47. The largest absolute Gasteiger partial charge is 0.352 e. The second-order valence-corrected chi connectivity index (χ2v) is 10.4. The van der Waals surface area contributed by atoms with E-state index in [1.807, 2.05) is 19.1 Å². The number of sulfonamides is 1. The lowest BCUT2D eigenvalue weighted by Crippen LogP contribution is -2.45. The molecule has 1 aliphatic heterocycles. The van der Waals surface area contributed by atoms with Gasteiger partial charge in [0.2, 0.25) is 17.6 Å². The van der Waals surface area contributed by atoms with E-state index in [4.69, 9.17) is 4.52 Å². The number of amides is 1. The lowest BCUT2D eigenvalue weighted by molar-refractivity contribution is -0.126. The van der Waals surface area contributed by atoms with E-state index in [-0.39, 0.29) is 22.6 Å². The number of piperidine rings is 1. The number of nitrogens with one attached hydrogen (secondary N) is 1. The molecule has 1 aliphatic rings. The molecule has 0 radical (unpaired) electrons. The normalized spacial score (nSPS) is 17.5. The number of aryl methyl sites for hydroxylation is 1. The second-order valence-electron chi connectivity index (χ2n) is 7.30. The summed E-state index contributed by atoms with van der Waals surface area (Å²) < 4.78 is 33.1. The standard InChI is InChI=1S/C20H23N5O4S2/c1-2-17-23-19(24-29-17)16-9-18(30-13-16)31(27,28)25-8-4-6-15(12-25)20(26)22-11-14-5-3-7-21-10-14/h3,5,7,9-10,13,15H,2,4,6,8,11-12H2,1H3,(H,22,26)/t15-/m1/s1.